The van der Waals surface area contributed by atoms with Crippen molar-refractivity contribution in [3.05, 3.63) is 126 Å². The van der Waals surface area contributed by atoms with Gasteiger partial charge in [-0.25, -0.2) is 8.42 Å². The first kappa shape index (κ1) is 34.2. The molecule has 0 unspecified atom stereocenters. The largest absolute Gasteiger partial charge is 0.492 e. The minimum absolute atomic E-state index is 0.0366. The van der Waals surface area contributed by atoms with E-state index in [1.54, 1.807) is 42.5 Å². The highest BCUT2D eigenvalue weighted by atomic mass is 32.2. The summed E-state index contributed by atoms with van der Waals surface area (Å²) in [6, 6.07) is 31.0. The molecule has 8 nitrogen and oxygen atoms in total. The van der Waals surface area contributed by atoms with Crippen molar-refractivity contribution >= 4 is 27.5 Å². The molecule has 0 radical (unpaired) electrons. The fourth-order valence-corrected chi connectivity index (χ4v) is 6.50. The second kappa shape index (κ2) is 16.1. The third-order valence-corrected chi connectivity index (χ3v) is 9.56. The molecule has 2 amide bonds. The molecule has 0 heterocycles. The monoisotopic (exact) mass is 641 g/mol. The van der Waals surface area contributed by atoms with Gasteiger partial charge in [-0.2, -0.15) is 0 Å². The maximum atomic E-state index is 14.6. The van der Waals surface area contributed by atoms with E-state index in [4.69, 9.17) is 4.74 Å². The third kappa shape index (κ3) is 8.75. The Morgan fingerprint density at radius 2 is 1.41 bits per heavy atom. The number of aryl methyl sites for hydroxylation is 1. The number of ether oxygens (including phenoxy) is 1. The van der Waals surface area contributed by atoms with Crippen LogP contribution < -0.4 is 14.4 Å². The molecule has 0 saturated heterocycles. The SMILES string of the molecule is CCOc1ccccc1N(CC(=O)N(Cc1ccc(C)cc1)[C@H](Cc1ccccc1)C(=O)N[C@H](C)CC)S(=O)(=O)c1ccccc1. The molecule has 0 bridgehead atoms. The quantitative estimate of drug-likeness (QED) is 0.168. The van der Waals surface area contributed by atoms with Crippen LogP contribution in [0.1, 0.15) is 43.9 Å². The summed E-state index contributed by atoms with van der Waals surface area (Å²) in [6.07, 6.45) is 0.967. The lowest BCUT2D eigenvalue weighted by Crippen LogP contribution is -2.54. The topological polar surface area (TPSA) is 96.0 Å². The first-order valence-electron chi connectivity index (χ1n) is 15.6. The number of rotatable bonds is 15. The average molecular weight is 642 g/mol. The van der Waals surface area contributed by atoms with Crippen LogP contribution in [-0.2, 0) is 32.6 Å². The molecule has 4 aromatic carbocycles. The third-order valence-electron chi connectivity index (χ3n) is 7.79. The predicted molar refractivity (Wildman–Crippen MR) is 182 cm³/mol. The summed E-state index contributed by atoms with van der Waals surface area (Å²) in [5.41, 5.74) is 3.00. The van der Waals surface area contributed by atoms with Crippen molar-refractivity contribution in [2.24, 2.45) is 0 Å². The Morgan fingerprint density at radius 1 is 0.804 bits per heavy atom. The van der Waals surface area contributed by atoms with Gasteiger partial charge in [-0.05, 0) is 62.6 Å². The van der Waals surface area contributed by atoms with E-state index in [0.29, 0.717) is 18.8 Å². The van der Waals surface area contributed by atoms with Crippen molar-refractivity contribution in [2.45, 2.75) is 64.1 Å². The van der Waals surface area contributed by atoms with Crippen molar-refractivity contribution in [2.75, 3.05) is 17.5 Å². The normalized spacial score (nSPS) is 12.5. The van der Waals surface area contributed by atoms with Crippen LogP contribution in [0, 0.1) is 6.92 Å². The molecule has 9 heteroatoms. The minimum Gasteiger partial charge on any atom is -0.492 e. The number of anilines is 1. The molecule has 0 saturated carbocycles. The summed E-state index contributed by atoms with van der Waals surface area (Å²) in [4.78, 5) is 30.1. The zero-order chi connectivity index (χ0) is 33.1. The Kier molecular flexibility index (Phi) is 12.0. The lowest BCUT2D eigenvalue weighted by Gasteiger charge is -2.34. The molecule has 2 atom stereocenters. The molecule has 46 heavy (non-hydrogen) atoms. The van der Waals surface area contributed by atoms with Crippen LogP contribution >= 0.6 is 0 Å². The van der Waals surface area contributed by atoms with Crippen LogP contribution in [0.5, 0.6) is 5.75 Å². The fourth-order valence-electron chi connectivity index (χ4n) is 5.06. The van der Waals surface area contributed by atoms with Crippen molar-refractivity contribution in [1.82, 2.24) is 10.2 Å². The number of hydrogen-bond acceptors (Lipinski definition) is 5. The standard InChI is InChI=1S/C37H43N3O5S/c1-5-29(4)38-37(42)34(25-30-15-9-7-10-16-30)39(26-31-23-21-28(3)22-24-31)36(41)27-40(33-19-13-14-20-35(33)45-6-2)46(43,44)32-17-11-8-12-18-32/h7-24,29,34H,5-6,25-27H2,1-4H3,(H,38,42)/t29-,34-/m1/s1. The van der Waals surface area contributed by atoms with Crippen LogP contribution in [-0.4, -0.2) is 50.4 Å². The van der Waals surface area contributed by atoms with Crippen LogP contribution in [0.2, 0.25) is 0 Å². The summed E-state index contributed by atoms with van der Waals surface area (Å²) >= 11 is 0. The number of carbonyl (C=O) groups is 2. The molecule has 0 aliphatic carbocycles. The number of nitrogens with one attached hydrogen (secondary N) is 1. The molecule has 4 aromatic rings. The molecule has 242 valence electrons. The van der Waals surface area contributed by atoms with Crippen LogP contribution in [0.25, 0.3) is 0 Å². The highest BCUT2D eigenvalue weighted by Gasteiger charge is 2.35. The number of carbonyl (C=O) groups excluding carboxylic acids is 2. The van der Waals surface area contributed by atoms with E-state index in [9.17, 15) is 18.0 Å². The first-order chi connectivity index (χ1) is 22.1. The number of benzene rings is 4. The lowest BCUT2D eigenvalue weighted by molar-refractivity contribution is -0.140. The van der Waals surface area contributed by atoms with Crippen molar-refractivity contribution in [3.63, 3.8) is 0 Å². The Balaban J connectivity index is 1.83. The molecule has 0 aliphatic heterocycles. The molecular weight excluding hydrogens is 598 g/mol. The number of para-hydroxylation sites is 2. The van der Waals surface area contributed by atoms with E-state index >= 15 is 0 Å². The van der Waals surface area contributed by atoms with Crippen LogP contribution in [0.4, 0.5) is 5.69 Å². The van der Waals surface area contributed by atoms with Gasteiger partial charge in [0.1, 0.15) is 18.3 Å². The van der Waals surface area contributed by atoms with Gasteiger partial charge in [-0.3, -0.25) is 13.9 Å². The van der Waals surface area contributed by atoms with Crippen LogP contribution in [0.3, 0.4) is 0 Å². The molecule has 1 N–H and O–H groups in total. The van der Waals surface area contributed by atoms with E-state index in [1.807, 2.05) is 82.3 Å². The summed E-state index contributed by atoms with van der Waals surface area (Å²) in [6.45, 7) is 7.56. The first-order valence-corrected chi connectivity index (χ1v) is 17.1. The fraction of sp³-hybridized carbons (Fsp3) is 0.297. The Hall–Kier alpha value is -4.63. The highest BCUT2D eigenvalue weighted by Crippen LogP contribution is 2.33. The van der Waals surface area contributed by atoms with Crippen molar-refractivity contribution in [1.29, 1.82) is 0 Å². The van der Waals surface area contributed by atoms with Gasteiger partial charge < -0.3 is 15.0 Å². The maximum Gasteiger partial charge on any atom is 0.264 e. The average Bonchev–Trinajstić information content (AvgIpc) is 3.07. The van der Waals surface area contributed by atoms with Crippen LogP contribution in [0.15, 0.2) is 114 Å². The van der Waals surface area contributed by atoms with E-state index in [1.165, 1.54) is 17.0 Å². The summed E-state index contributed by atoms with van der Waals surface area (Å²) in [7, 11) is -4.22. The van der Waals surface area contributed by atoms with Gasteiger partial charge in [-0.15, -0.1) is 0 Å². The van der Waals surface area contributed by atoms with E-state index in [2.05, 4.69) is 5.32 Å². The Bertz CT molecular complexity index is 1680. The van der Waals surface area contributed by atoms with Gasteiger partial charge in [0.25, 0.3) is 10.0 Å². The van der Waals surface area contributed by atoms with E-state index in [0.717, 1.165) is 21.0 Å². The second-order valence-electron chi connectivity index (χ2n) is 11.3. The van der Waals surface area contributed by atoms with Gasteiger partial charge in [0.2, 0.25) is 11.8 Å². The number of amides is 2. The van der Waals surface area contributed by atoms with Crippen molar-refractivity contribution < 1.29 is 22.7 Å². The van der Waals surface area contributed by atoms with E-state index < -0.39 is 28.5 Å². The zero-order valence-corrected chi connectivity index (χ0v) is 27.7. The van der Waals surface area contributed by atoms with Gasteiger partial charge in [-0.1, -0.05) is 97.4 Å². The Labute approximate surface area is 273 Å². The smallest absolute Gasteiger partial charge is 0.264 e. The van der Waals surface area contributed by atoms with E-state index in [-0.39, 0.29) is 35.5 Å². The van der Waals surface area contributed by atoms with Gasteiger partial charge in [0, 0.05) is 19.0 Å². The molecule has 4 rings (SSSR count). The molecule has 0 fully saturated rings. The summed E-state index contributed by atoms with van der Waals surface area (Å²) < 4.78 is 35.4. The van der Waals surface area contributed by atoms with Gasteiger partial charge >= 0.3 is 0 Å². The molecule has 0 spiro atoms. The maximum absolute atomic E-state index is 14.6. The number of hydrogen-bond donors (Lipinski definition) is 1. The number of sulfonamides is 1. The van der Waals surface area contributed by atoms with Gasteiger partial charge in [0.15, 0.2) is 0 Å². The Morgan fingerprint density at radius 3 is 2.04 bits per heavy atom. The summed E-state index contributed by atoms with van der Waals surface area (Å²) in [5, 5.41) is 3.06. The number of nitrogens with zero attached hydrogens (tertiary/aromatic N) is 2. The summed E-state index contributed by atoms with van der Waals surface area (Å²) in [5.74, 6) is -0.491. The highest BCUT2D eigenvalue weighted by molar-refractivity contribution is 7.92. The zero-order valence-electron chi connectivity index (χ0n) is 26.9. The van der Waals surface area contributed by atoms with Crippen molar-refractivity contribution in [3.8, 4) is 5.75 Å². The lowest BCUT2D eigenvalue weighted by atomic mass is 10.0. The minimum atomic E-state index is -4.22. The predicted octanol–water partition coefficient (Wildman–Crippen LogP) is 6.14. The molecule has 0 aromatic heterocycles. The molecular formula is C37H43N3O5S. The van der Waals surface area contributed by atoms with Gasteiger partial charge in [0.05, 0.1) is 17.2 Å². The molecule has 0 aliphatic rings. The second-order valence-corrected chi connectivity index (χ2v) is 13.1.